The molecule has 1 fully saturated rings. The molecule has 1 aliphatic rings. The number of benzene rings is 1. The Morgan fingerprint density at radius 2 is 2.00 bits per heavy atom. The topological polar surface area (TPSA) is 93.0 Å². The quantitative estimate of drug-likeness (QED) is 0.733. The number of anilines is 1. The van der Waals surface area contributed by atoms with Crippen molar-refractivity contribution in [3.8, 4) is 5.82 Å². The van der Waals surface area contributed by atoms with Gasteiger partial charge < -0.3 is 10.2 Å². The van der Waals surface area contributed by atoms with Crippen molar-refractivity contribution in [2.24, 2.45) is 5.92 Å². The fourth-order valence-electron chi connectivity index (χ4n) is 3.38. The first-order valence-corrected chi connectivity index (χ1v) is 9.27. The number of halogens is 1. The van der Waals surface area contributed by atoms with Crippen LogP contribution in [0.5, 0.6) is 0 Å². The lowest BCUT2D eigenvalue weighted by molar-refractivity contribution is -0.121. The van der Waals surface area contributed by atoms with Gasteiger partial charge in [-0.05, 0) is 49.2 Å². The average Bonchev–Trinajstić information content (AvgIpc) is 3.29. The molecule has 29 heavy (non-hydrogen) atoms. The van der Waals surface area contributed by atoms with Gasteiger partial charge >= 0.3 is 0 Å². The smallest absolute Gasteiger partial charge is 0.253 e. The summed E-state index contributed by atoms with van der Waals surface area (Å²) in [5.41, 5.74) is 0.929. The number of amides is 2. The standard InChI is InChI=1S/C20H19FN6O2/c21-16-7-5-14(6-8-16)20(29)26-10-2-3-15(11-26)19(28)25-17-4-1-9-23-18(17)27-13-22-12-24-27/h1,4-9,12-13,15H,2-3,10-11H2,(H,25,28). The first-order chi connectivity index (χ1) is 14.1. The third kappa shape index (κ3) is 4.13. The Morgan fingerprint density at radius 1 is 1.17 bits per heavy atom. The number of nitrogens with one attached hydrogen (secondary N) is 1. The average molecular weight is 394 g/mol. The van der Waals surface area contributed by atoms with Gasteiger partial charge in [0.15, 0.2) is 5.82 Å². The minimum Gasteiger partial charge on any atom is -0.338 e. The molecule has 1 aliphatic heterocycles. The molecule has 3 heterocycles. The fourth-order valence-corrected chi connectivity index (χ4v) is 3.38. The number of hydrogen-bond acceptors (Lipinski definition) is 5. The van der Waals surface area contributed by atoms with E-state index in [0.717, 1.165) is 0 Å². The number of carbonyl (C=O) groups is 2. The molecule has 0 spiro atoms. The van der Waals surface area contributed by atoms with Gasteiger partial charge in [-0.15, -0.1) is 0 Å². The molecular formula is C20H19FN6O2. The van der Waals surface area contributed by atoms with Gasteiger partial charge in [0, 0.05) is 24.8 Å². The van der Waals surface area contributed by atoms with Crippen LogP contribution in [0, 0.1) is 11.7 Å². The number of aromatic nitrogens is 4. The Hall–Kier alpha value is -3.62. The lowest BCUT2D eigenvalue weighted by atomic mass is 9.96. The third-order valence-electron chi connectivity index (χ3n) is 4.85. The van der Waals surface area contributed by atoms with Crippen LogP contribution in [-0.2, 0) is 4.79 Å². The molecule has 0 radical (unpaired) electrons. The zero-order valence-electron chi connectivity index (χ0n) is 15.5. The van der Waals surface area contributed by atoms with Gasteiger partial charge in [-0.1, -0.05) is 0 Å². The van der Waals surface area contributed by atoms with E-state index < -0.39 is 5.82 Å². The third-order valence-corrected chi connectivity index (χ3v) is 4.85. The predicted molar refractivity (Wildman–Crippen MR) is 103 cm³/mol. The maximum Gasteiger partial charge on any atom is 0.253 e. The number of piperidine rings is 1. The SMILES string of the molecule is O=C(Nc1cccnc1-n1cncn1)C1CCCN(C(=O)c2ccc(F)cc2)C1. The van der Waals surface area contributed by atoms with Gasteiger partial charge in [-0.25, -0.2) is 19.0 Å². The van der Waals surface area contributed by atoms with Crippen LogP contribution in [0.4, 0.5) is 10.1 Å². The molecule has 1 N–H and O–H groups in total. The predicted octanol–water partition coefficient (Wildman–Crippen LogP) is 2.29. The number of pyridine rings is 1. The van der Waals surface area contributed by atoms with Crippen LogP contribution >= 0.6 is 0 Å². The second-order valence-corrected chi connectivity index (χ2v) is 6.80. The van der Waals surface area contributed by atoms with Crippen molar-refractivity contribution in [2.45, 2.75) is 12.8 Å². The summed E-state index contributed by atoms with van der Waals surface area (Å²) in [5.74, 6) is -0.661. The van der Waals surface area contributed by atoms with E-state index in [4.69, 9.17) is 0 Å². The highest BCUT2D eigenvalue weighted by molar-refractivity contribution is 5.96. The normalized spacial score (nSPS) is 16.4. The number of likely N-dealkylation sites (tertiary alicyclic amines) is 1. The maximum atomic E-state index is 13.1. The summed E-state index contributed by atoms with van der Waals surface area (Å²) in [5, 5.41) is 6.95. The second-order valence-electron chi connectivity index (χ2n) is 6.80. The zero-order chi connectivity index (χ0) is 20.2. The van der Waals surface area contributed by atoms with E-state index in [9.17, 15) is 14.0 Å². The summed E-state index contributed by atoms with van der Waals surface area (Å²) < 4.78 is 14.6. The Bertz CT molecular complexity index is 1010. The zero-order valence-corrected chi connectivity index (χ0v) is 15.5. The summed E-state index contributed by atoms with van der Waals surface area (Å²) in [6.45, 7) is 0.873. The number of nitrogens with zero attached hydrogens (tertiary/aromatic N) is 5. The molecule has 2 amide bonds. The molecule has 3 aromatic rings. The van der Waals surface area contributed by atoms with Crippen molar-refractivity contribution in [2.75, 3.05) is 18.4 Å². The molecule has 0 saturated carbocycles. The molecule has 0 bridgehead atoms. The van der Waals surface area contributed by atoms with E-state index in [0.29, 0.717) is 43.0 Å². The monoisotopic (exact) mass is 394 g/mol. The summed E-state index contributed by atoms with van der Waals surface area (Å²) >= 11 is 0. The highest BCUT2D eigenvalue weighted by atomic mass is 19.1. The van der Waals surface area contributed by atoms with Gasteiger partial charge in [-0.3, -0.25) is 9.59 Å². The molecule has 1 atom stereocenters. The van der Waals surface area contributed by atoms with Crippen LogP contribution in [0.1, 0.15) is 23.2 Å². The minimum absolute atomic E-state index is 0.184. The molecule has 9 heteroatoms. The van der Waals surface area contributed by atoms with Crippen molar-refractivity contribution >= 4 is 17.5 Å². The van der Waals surface area contributed by atoms with E-state index >= 15 is 0 Å². The van der Waals surface area contributed by atoms with Crippen LogP contribution in [0.25, 0.3) is 5.82 Å². The van der Waals surface area contributed by atoms with E-state index in [1.165, 1.54) is 41.6 Å². The maximum absolute atomic E-state index is 13.1. The minimum atomic E-state index is -0.392. The highest BCUT2D eigenvalue weighted by Crippen LogP contribution is 2.22. The second kappa shape index (κ2) is 8.17. The highest BCUT2D eigenvalue weighted by Gasteiger charge is 2.29. The first-order valence-electron chi connectivity index (χ1n) is 9.27. The van der Waals surface area contributed by atoms with Gasteiger partial charge in [0.2, 0.25) is 5.91 Å². The van der Waals surface area contributed by atoms with Crippen LogP contribution in [0.3, 0.4) is 0 Å². The van der Waals surface area contributed by atoms with Crippen LogP contribution in [0.2, 0.25) is 0 Å². The molecule has 1 unspecified atom stereocenters. The lowest BCUT2D eigenvalue weighted by Gasteiger charge is -2.32. The summed E-state index contributed by atoms with van der Waals surface area (Å²) in [6, 6.07) is 8.90. The molecule has 1 aromatic carbocycles. The van der Waals surface area contributed by atoms with Crippen molar-refractivity contribution in [1.29, 1.82) is 0 Å². The van der Waals surface area contributed by atoms with E-state index in [1.807, 2.05) is 0 Å². The molecule has 4 rings (SSSR count). The lowest BCUT2D eigenvalue weighted by Crippen LogP contribution is -2.43. The Morgan fingerprint density at radius 3 is 2.76 bits per heavy atom. The summed E-state index contributed by atoms with van der Waals surface area (Å²) in [4.78, 5) is 35.4. The van der Waals surface area contributed by atoms with E-state index in [-0.39, 0.29) is 17.7 Å². The van der Waals surface area contributed by atoms with E-state index in [1.54, 1.807) is 23.2 Å². The van der Waals surface area contributed by atoms with Gasteiger partial charge in [0.25, 0.3) is 5.91 Å². The molecule has 8 nitrogen and oxygen atoms in total. The first kappa shape index (κ1) is 18.7. The van der Waals surface area contributed by atoms with Crippen LogP contribution < -0.4 is 5.32 Å². The Labute approximate surface area is 166 Å². The Kier molecular flexibility index (Phi) is 5.28. The summed E-state index contributed by atoms with van der Waals surface area (Å²) in [7, 11) is 0. The van der Waals surface area contributed by atoms with Gasteiger partial charge in [0.05, 0.1) is 11.6 Å². The molecule has 148 valence electrons. The Balaban J connectivity index is 1.46. The largest absolute Gasteiger partial charge is 0.338 e. The van der Waals surface area contributed by atoms with Crippen molar-refractivity contribution < 1.29 is 14.0 Å². The number of rotatable bonds is 4. The van der Waals surface area contributed by atoms with Gasteiger partial charge in [0.1, 0.15) is 18.5 Å². The summed E-state index contributed by atoms with van der Waals surface area (Å²) in [6.07, 6.45) is 5.89. The van der Waals surface area contributed by atoms with Crippen molar-refractivity contribution in [1.82, 2.24) is 24.6 Å². The molecule has 1 saturated heterocycles. The van der Waals surface area contributed by atoms with Crippen LogP contribution in [-0.4, -0.2) is 49.6 Å². The number of carbonyl (C=O) groups excluding carboxylic acids is 2. The van der Waals surface area contributed by atoms with Crippen molar-refractivity contribution in [3.05, 3.63) is 66.6 Å². The molecule has 2 aromatic heterocycles. The fraction of sp³-hybridized carbons (Fsp3) is 0.250. The van der Waals surface area contributed by atoms with Crippen LogP contribution in [0.15, 0.2) is 55.2 Å². The van der Waals surface area contributed by atoms with Gasteiger partial charge in [-0.2, -0.15) is 5.10 Å². The molecule has 0 aliphatic carbocycles. The number of hydrogen-bond donors (Lipinski definition) is 1. The molecular weight excluding hydrogens is 375 g/mol. The van der Waals surface area contributed by atoms with Crippen molar-refractivity contribution in [3.63, 3.8) is 0 Å². The van der Waals surface area contributed by atoms with E-state index in [2.05, 4.69) is 20.4 Å².